The van der Waals surface area contributed by atoms with Crippen molar-refractivity contribution < 1.29 is 5.11 Å². The van der Waals surface area contributed by atoms with E-state index in [2.05, 4.69) is 40.2 Å². The van der Waals surface area contributed by atoms with Crippen molar-refractivity contribution in [3.05, 3.63) is 60.7 Å². The topological polar surface area (TPSA) is 39.3 Å². The van der Waals surface area contributed by atoms with E-state index in [-0.39, 0.29) is 0 Å². The average molecular weight is 328 g/mol. The number of aromatic nitrogens is 1. The van der Waals surface area contributed by atoms with Crippen molar-refractivity contribution in [3.63, 3.8) is 0 Å². The van der Waals surface area contributed by atoms with Gasteiger partial charge in [-0.15, -0.1) is 0 Å². The number of aromatic amines is 1. The summed E-state index contributed by atoms with van der Waals surface area (Å²) in [5.41, 5.74) is 4.66. The molecule has 0 aliphatic carbocycles. The second kappa shape index (κ2) is 5.55. The Bertz CT molecular complexity index is 1060. The third kappa shape index (κ3) is 2.19. The summed E-state index contributed by atoms with van der Waals surface area (Å²) in [6, 6.07) is 20.5. The number of hydrogen-bond acceptors (Lipinski definition) is 2. The molecule has 2 heterocycles. The zero-order valence-electron chi connectivity index (χ0n) is 14.0. The lowest BCUT2D eigenvalue weighted by atomic mass is 10.0. The molecule has 3 heteroatoms. The number of benzene rings is 3. The van der Waals surface area contributed by atoms with Gasteiger partial charge in [-0.05, 0) is 18.9 Å². The molecule has 1 fully saturated rings. The van der Waals surface area contributed by atoms with Crippen molar-refractivity contribution in [2.45, 2.75) is 12.8 Å². The summed E-state index contributed by atoms with van der Waals surface area (Å²) in [6.07, 6.45) is 2.45. The van der Waals surface area contributed by atoms with Gasteiger partial charge in [0.25, 0.3) is 0 Å². The molecule has 0 saturated carbocycles. The summed E-state index contributed by atoms with van der Waals surface area (Å²) in [7, 11) is 0. The van der Waals surface area contributed by atoms with Crippen LogP contribution >= 0.6 is 0 Å². The van der Waals surface area contributed by atoms with Gasteiger partial charge in [0.2, 0.25) is 0 Å². The van der Waals surface area contributed by atoms with Gasteiger partial charge in [0, 0.05) is 34.8 Å². The molecule has 0 amide bonds. The molecule has 3 aromatic carbocycles. The van der Waals surface area contributed by atoms with Crippen LogP contribution in [-0.2, 0) is 0 Å². The van der Waals surface area contributed by atoms with Crippen molar-refractivity contribution in [1.82, 2.24) is 4.98 Å². The fourth-order valence-corrected chi connectivity index (χ4v) is 4.08. The lowest BCUT2D eigenvalue weighted by Gasteiger charge is -2.19. The van der Waals surface area contributed by atoms with Crippen LogP contribution in [0.5, 0.6) is 5.75 Å². The normalized spacial score (nSPS) is 14.6. The summed E-state index contributed by atoms with van der Waals surface area (Å²) in [5, 5.41) is 13.7. The molecular formula is C22H20N2O. The number of phenolic OH excluding ortho intramolecular Hbond substituents is 1. The first kappa shape index (κ1) is 14.4. The Labute approximate surface area is 146 Å². The van der Waals surface area contributed by atoms with Crippen molar-refractivity contribution in [2.24, 2.45) is 0 Å². The van der Waals surface area contributed by atoms with Crippen LogP contribution in [0.4, 0.5) is 5.69 Å². The third-order valence-corrected chi connectivity index (χ3v) is 5.25. The largest absolute Gasteiger partial charge is 0.507 e. The monoisotopic (exact) mass is 328 g/mol. The maximum atomic E-state index is 10.6. The van der Waals surface area contributed by atoms with Crippen molar-refractivity contribution >= 4 is 27.4 Å². The predicted octanol–water partition coefficient (Wildman–Crippen LogP) is 5.29. The molecule has 1 aliphatic heterocycles. The van der Waals surface area contributed by atoms with Crippen LogP contribution in [0.1, 0.15) is 12.8 Å². The second-order valence-corrected chi connectivity index (χ2v) is 6.77. The van der Waals surface area contributed by atoms with Gasteiger partial charge in [-0.3, -0.25) is 0 Å². The van der Waals surface area contributed by atoms with E-state index < -0.39 is 0 Å². The molecule has 0 unspecified atom stereocenters. The Morgan fingerprint density at radius 2 is 1.48 bits per heavy atom. The zero-order valence-corrected chi connectivity index (χ0v) is 14.0. The molecular weight excluding hydrogens is 308 g/mol. The van der Waals surface area contributed by atoms with E-state index in [1.807, 2.05) is 30.3 Å². The molecule has 25 heavy (non-hydrogen) atoms. The standard InChI is InChI=1S/C22H20N2O/c25-19-14-18-21(17-11-5-4-10-16(17)19)23-20(15-8-2-1-3-9-15)22(18)24-12-6-7-13-24/h1-5,8-11,14,23,25H,6-7,12-13H2. The van der Waals surface area contributed by atoms with Crippen molar-refractivity contribution in [1.29, 1.82) is 0 Å². The minimum absolute atomic E-state index is 0.349. The molecule has 5 rings (SSSR count). The highest BCUT2D eigenvalue weighted by atomic mass is 16.3. The van der Waals surface area contributed by atoms with Gasteiger partial charge >= 0.3 is 0 Å². The van der Waals surface area contributed by atoms with Crippen LogP contribution in [0.2, 0.25) is 0 Å². The molecule has 3 nitrogen and oxygen atoms in total. The average Bonchev–Trinajstić information content (AvgIpc) is 3.30. The Morgan fingerprint density at radius 3 is 2.24 bits per heavy atom. The first-order valence-corrected chi connectivity index (χ1v) is 8.90. The fraction of sp³-hybridized carbons (Fsp3) is 0.182. The number of aromatic hydroxyl groups is 1. The highest BCUT2D eigenvalue weighted by Crippen LogP contribution is 2.43. The maximum Gasteiger partial charge on any atom is 0.124 e. The SMILES string of the molecule is Oc1cc2c(N3CCCC3)c(-c3ccccc3)[nH]c2c2ccccc12. The van der Waals surface area contributed by atoms with E-state index in [0.29, 0.717) is 5.75 Å². The number of hydrogen-bond donors (Lipinski definition) is 2. The number of nitrogens with one attached hydrogen (secondary N) is 1. The third-order valence-electron chi connectivity index (χ3n) is 5.25. The summed E-state index contributed by atoms with van der Waals surface area (Å²) in [6.45, 7) is 2.14. The van der Waals surface area contributed by atoms with Crippen molar-refractivity contribution in [3.8, 4) is 17.0 Å². The van der Waals surface area contributed by atoms with Gasteiger partial charge in [0.1, 0.15) is 5.75 Å². The molecule has 4 aromatic rings. The van der Waals surface area contributed by atoms with Crippen LogP contribution in [0, 0.1) is 0 Å². The fourth-order valence-electron chi connectivity index (χ4n) is 4.08. The Hall–Kier alpha value is -2.94. The number of fused-ring (bicyclic) bond motifs is 3. The lowest BCUT2D eigenvalue weighted by molar-refractivity contribution is 0.482. The highest BCUT2D eigenvalue weighted by molar-refractivity contribution is 6.15. The number of anilines is 1. The molecule has 2 N–H and O–H groups in total. The molecule has 1 aliphatic rings. The smallest absolute Gasteiger partial charge is 0.124 e. The van der Waals surface area contributed by atoms with Crippen LogP contribution in [0.3, 0.4) is 0 Å². The Kier molecular flexibility index (Phi) is 3.20. The molecule has 1 aromatic heterocycles. The van der Waals surface area contributed by atoms with Gasteiger partial charge < -0.3 is 15.0 Å². The first-order chi connectivity index (χ1) is 12.3. The summed E-state index contributed by atoms with van der Waals surface area (Å²) >= 11 is 0. The van der Waals surface area contributed by atoms with Gasteiger partial charge in [-0.25, -0.2) is 0 Å². The van der Waals surface area contributed by atoms with Crippen LogP contribution in [0.15, 0.2) is 60.7 Å². The molecule has 0 atom stereocenters. The van der Waals surface area contributed by atoms with Gasteiger partial charge in [0.05, 0.1) is 16.9 Å². The Morgan fingerprint density at radius 1 is 0.800 bits per heavy atom. The van der Waals surface area contributed by atoms with E-state index in [4.69, 9.17) is 0 Å². The van der Waals surface area contributed by atoms with E-state index in [1.165, 1.54) is 24.1 Å². The number of nitrogens with zero attached hydrogens (tertiary/aromatic N) is 1. The van der Waals surface area contributed by atoms with E-state index in [0.717, 1.165) is 40.5 Å². The van der Waals surface area contributed by atoms with Gasteiger partial charge in [-0.2, -0.15) is 0 Å². The summed E-state index contributed by atoms with van der Waals surface area (Å²) in [5.74, 6) is 0.349. The molecule has 1 saturated heterocycles. The Balaban J connectivity index is 1.89. The van der Waals surface area contributed by atoms with Gasteiger partial charge in [-0.1, -0.05) is 54.6 Å². The van der Waals surface area contributed by atoms with Gasteiger partial charge in [0.15, 0.2) is 0 Å². The minimum atomic E-state index is 0.349. The summed E-state index contributed by atoms with van der Waals surface area (Å²) in [4.78, 5) is 6.13. The van der Waals surface area contributed by atoms with Crippen molar-refractivity contribution in [2.75, 3.05) is 18.0 Å². The van der Waals surface area contributed by atoms with Crippen LogP contribution in [-0.4, -0.2) is 23.2 Å². The second-order valence-electron chi connectivity index (χ2n) is 6.77. The highest BCUT2D eigenvalue weighted by Gasteiger charge is 2.23. The molecule has 0 radical (unpaired) electrons. The maximum absolute atomic E-state index is 10.6. The first-order valence-electron chi connectivity index (χ1n) is 8.90. The van der Waals surface area contributed by atoms with Crippen LogP contribution in [0.25, 0.3) is 32.9 Å². The van der Waals surface area contributed by atoms with E-state index >= 15 is 0 Å². The van der Waals surface area contributed by atoms with E-state index in [1.54, 1.807) is 0 Å². The van der Waals surface area contributed by atoms with Crippen LogP contribution < -0.4 is 4.90 Å². The number of phenols is 1. The molecule has 124 valence electrons. The number of H-pyrrole nitrogens is 1. The zero-order chi connectivity index (χ0) is 16.8. The molecule has 0 spiro atoms. The quantitative estimate of drug-likeness (QED) is 0.524. The van der Waals surface area contributed by atoms with E-state index in [9.17, 15) is 5.11 Å². The summed E-state index contributed by atoms with van der Waals surface area (Å²) < 4.78 is 0. The minimum Gasteiger partial charge on any atom is -0.507 e. The number of rotatable bonds is 2. The lowest BCUT2D eigenvalue weighted by Crippen LogP contribution is -2.17. The predicted molar refractivity (Wildman–Crippen MR) is 104 cm³/mol. The molecule has 0 bridgehead atoms.